The van der Waals surface area contributed by atoms with Crippen molar-refractivity contribution in [3.8, 4) is 0 Å². The third-order valence-electron chi connectivity index (χ3n) is 3.69. The van der Waals surface area contributed by atoms with Crippen LogP contribution in [0.4, 0.5) is 0 Å². The maximum absolute atomic E-state index is 2.58. The first kappa shape index (κ1) is 12.1. The maximum atomic E-state index is 2.58. The van der Waals surface area contributed by atoms with Crippen molar-refractivity contribution >= 4 is 11.3 Å². The Labute approximate surface area is 103 Å². The summed E-state index contributed by atoms with van der Waals surface area (Å²) in [7, 11) is 0. The first-order valence-corrected chi connectivity index (χ1v) is 7.07. The highest BCUT2D eigenvalue weighted by atomic mass is 32.1. The normalized spacial score (nSPS) is 19.2. The number of rotatable bonds is 3. The van der Waals surface area contributed by atoms with Gasteiger partial charge in [-0.1, -0.05) is 6.92 Å². The highest BCUT2D eigenvalue weighted by Crippen LogP contribution is 2.22. The second-order valence-corrected chi connectivity index (χ2v) is 5.74. The average Bonchev–Trinajstić information content (AvgIpc) is 2.62. The Bertz CT molecular complexity index is 338. The van der Waals surface area contributed by atoms with E-state index >= 15 is 0 Å². The third kappa shape index (κ3) is 2.65. The number of nitrogens with zero attached hydrogens (tertiary/aromatic N) is 2. The summed E-state index contributed by atoms with van der Waals surface area (Å²) in [6, 6.07) is 0. The van der Waals surface area contributed by atoms with E-state index in [0.29, 0.717) is 0 Å². The lowest BCUT2D eigenvalue weighted by Gasteiger charge is -2.34. The van der Waals surface area contributed by atoms with Gasteiger partial charge >= 0.3 is 0 Å². The predicted octanol–water partition coefficient (Wildman–Crippen LogP) is 2.50. The Morgan fingerprint density at radius 2 is 1.75 bits per heavy atom. The Hall–Kier alpha value is -0.380. The lowest BCUT2D eigenvalue weighted by molar-refractivity contribution is 0.132. The van der Waals surface area contributed by atoms with Crippen LogP contribution in [0.15, 0.2) is 5.38 Å². The van der Waals surface area contributed by atoms with Crippen LogP contribution >= 0.6 is 11.3 Å². The van der Waals surface area contributed by atoms with Crippen LogP contribution in [-0.2, 0) is 6.54 Å². The van der Waals surface area contributed by atoms with Crippen molar-refractivity contribution in [3.63, 3.8) is 0 Å². The van der Waals surface area contributed by atoms with Crippen LogP contribution in [0, 0.1) is 13.8 Å². The lowest BCUT2D eigenvalue weighted by Crippen LogP contribution is -2.45. The molecule has 16 heavy (non-hydrogen) atoms. The molecule has 0 unspecified atom stereocenters. The molecule has 0 N–H and O–H groups in total. The first-order valence-electron chi connectivity index (χ1n) is 6.19. The number of aryl methyl sites for hydroxylation is 1. The third-order valence-corrected chi connectivity index (χ3v) is 4.76. The number of thiophene rings is 1. The molecule has 1 aromatic heterocycles. The van der Waals surface area contributed by atoms with Gasteiger partial charge in [0.1, 0.15) is 0 Å². The van der Waals surface area contributed by atoms with E-state index in [1.54, 1.807) is 0 Å². The molecule has 1 aliphatic rings. The summed E-state index contributed by atoms with van der Waals surface area (Å²) in [6.45, 7) is 14.0. The zero-order valence-electron chi connectivity index (χ0n) is 10.6. The van der Waals surface area contributed by atoms with Crippen molar-refractivity contribution in [1.29, 1.82) is 0 Å². The van der Waals surface area contributed by atoms with Crippen LogP contribution in [0.1, 0.15) is 22.9 Å². The zero-order valence-corrected chi connectivity index (χ0v) is 11.4. The fourth-order valence-corrected chi connectivity index (χ4v) is 3.10. The predicted molar refractivity (Wildman–Crippen MR) is 71.2 cm³/mol. The molecule has 1 saturated heterocycles. The summed E-state index contributed by atoms with van der Waals surface area (Å²) < 4.78 is 0. The molecule has 0 spiro atoms. The second-order valence-electron chi connectivity index (χ2n) is 4.65. The van der Waals surface area contributed by atoms with Gasteiger partial charge in [0.15, 0.2) is 0 Å². The van der Waals surface area contributed by atoms with Gasteiger partial charge in [-0.2, -0.15) is 0 Å². The van der Waals surface area contributed by atoms with E-state index < -0.39 is 0 Å². The molecule has 2 nitrogen and oxygen atoms in total. The van der Waals surface area contributed by atoms with Gasteiger partial charge in [0.2, 0.25) is 0 Å². The summed E-state index contributed by atoms with van der Waals surface area (Å²) in [5.41, 5.74) is 3.04. The van der Waals surface area contributed by atoms with Gasteiger partial charge in [-0.05, 0) is 36.9 Å². The Morgan fingerprint density at radius 3 is 2.25 bits per heavy atom. The maximum Gasteiger partial charge on any atom is 0.0245 e. The fourth-order valence-electron chi connectivity index (χ4n) is 2.22. The summed E-state index contributed by atoms with van der Waals surface area (Å²) in [5.74, 6) is 0. The summed E-state index contributed by atoms with van der Waals surface area (Å²) >= 11 is 1.89. The molecular weight excluding hydrogens is 216 g/mol. The molecule has 0 radical (unpaired) electrons. The van der Waals surface area contributed by atoms with Gasteiger partial charge in [-0.3, -0.25) is 4.90 Å². The van der Waals surface area contributed by atoms with Gasteiger partial charge in [-0.25, -0.2) is 0 Å². The summed E-state index contributed by atoms with van der Waals surface area (Å²) in [4.78, 5) is 6.59. The van der Waals surface area contributed by atoms with Crippen molar-refractivity contribution in [2.24, 2.45) is 0 Å². The monoisotopic (exact) mass is 238 g/mol. The van der Waals surface area contributed by atoms with Crippen molar-refractivity contribution < 1.29 is 0 Å². The van der Waals surface area contributed by atoms with Gasteiger partial charge < -0.3 is 4.90 Å². The van der Waals surface area contributed by atoms with Gasteiger partial charge in [0.25, 0.3) is 0 Å². The molecule has 1 aliphatic heterocycles. The quantitative estimate of drug-likeness (QED) is 0.798. The van der Waals surface area contributed by atoms with E-state index in [2.05, 4.69) is 36.0 Å². The molecule has 2 heterocycles. The molecule has 0 amide bonds. The van der Waals surface area contributed by atoms with Crippen molar-refractivity contribution in [3.05, 3.63) is 21.4 Å². The Balaban J connectivity index is 1.89. The summed E-state index contributed by atoms with van der Waals surface area (Å²) in [6.07, 6.45) is 0. The average molecular weight is 238 g/mol. The minimum Gasteiger partial charge on any atom is -0.301 e. The first-order chi connectivity index (χ1) is 7.70. The van der Waals surface area contributed by atoms with Gasteiger partial charge in [0.05, 0.1) is 0 Å². The molecule has 0 bridgehead atoms. The highest BCUT2D eigenvalue weighted by molar-refractivity contribution is 7.10. The zero-order chi connectivity index (χ0) is 11.5. The molecule has 90 valence electrons. The molecule has 3 heteroatoms. The molecule has 0 aliphatic carbocycles. The van der Waals surface area contributed by atoms with Crippen LogP contribution in [0.3, 0.4) is 0 Å². The van der Waals surface area contributed by atoms with Crippen LogP contribution in [0.25, 0.3) is 0 Å². The highest BCUT2D eigenvalue weighted by Gasteiger charge is 2.16. The van der Waals surface area contributed by atoms with E-state index in [0.717, 1.165) is 6.54 Å². The Morgan fingerprint density at radius 1 is 1.12 bits per heavy atom. The van der Waals surface area contributed by atoms with Crippen LogP contribution in [0.5, 0.6) is 0 Å². The molecule has 0 saturated carbocycles. The van der Waals surface area contributed by atoms with E-state index in [4.69, 9.17) is 0 Å². The topological polar surface area (TPSA) is 6.48 Å². The van der Waals surface area contributed by atoms with Gasteiger partial charge in [0, 0.05) is 37.6 Å². The smallest absolute Gasteiger partial charge is 0.0245 e. The van der Waals surface area contributed by atoms with Crippen molar-refractivity contribution in [2.75, 3.05) is 32.7 Å². The lowest BCUT2D eigenvalue weighted by atomic mass is 10.1. The number of hydrogen-bond donors (Lipinski definition) is 0. The molecule has 1 aromatic rings. The minimum absolute atomic E-state index is 1.15. The van der Waals surface area contributed by atoms with Gasteiger partial charge in [-0.15, -0.1) is 11.3 Å². The molecule has 2 rings (SSSR count). The molecule has 1 fully saturated rings. The van der Waals surface area contributed by atoms with E-state index in [1.807, 2.05) is 11.3 Å². The number of piperazine rings is 1. The molecule has 0 aromatic carbocycles. The SMILES string of the molecule is CCN1CCN(Cc2csc(C)c2C)CC1. The summed E-state index contributed by atoms with van der Waals surface area (Å²) in [5, 5.41) is 2.33. The van der Waals surface area contributed by atoms with Crippen molar-refractivity contribution in [2.45, 2.75) is 27.3 Å². The van der Waals surface area contributed by atoms with Crippen molar-refractivity contribution in [1.82, 2.24) is 9.80 Å². The van der Waals surface area contributed by atoms with E-state index in [-0.39, 0.29) is 0 Å². The standard InChI is InChI=1S/C13H22N2S/c1-4-14-5-7-15(8-6-14)9-13-10-16-12(3)11(13)2/h10H,4-9H2,1-3H3. The van der Waals surface area contributed by atoms with Crippen LogP contribution in [-0.4, -0.2) is 42.5 Å². The second kappa shape index (κ2) is 5.30. The van der Waals surface area contributed by atoms with Crippen LogP contribution < -0.4 is 0 Å². The molecular formula is C13H22N2S. The molecule has 0 atom stereocenters. The van der Waals surface area contributed by atoms with E-state index in [1.165, 1.54) is 48.7 Å². The fraction of sp³-hybridized carbons (Fsp3) is 0.692. The van der Waals surface area contributed by atoms with E-state index in [9.17, 15) is 0 Å². The number of hydrogen-bond acceptors (Lipinski definition) is 3. The minimum atomic E-state index is 1.15. The number of likely N-dealkylation sites (N-methyl/N-ethyl adjacent to an activating group) is 1. The Kier molecular flexibility index (Phi) is 4.00. The largest absolute Gasteiger partial charge is 0.301 e. The van der Waals surface area contributed by atoms with Crippen LogP contribution in [0.2, 0.25) is 0 Å².